The van der Waals surface area contributed by atoms with Crippen LogP contribution in [-0.2, 0) is 4.79 Å². The van der Waals surface area contributed by atoms with Crippen molar-refractivity contribution in [3.8, 4) is 17.2 Å². The van der Waals surface area contributed by atoms with Gasteiger partial charge in [-0.05, 0) is 43.2 Å². The minimum atomic E-state index is -1.24. The Morgan fingerprint density at radius 3 is 2.57 bits per heavy atom. The van der Waals surface area contributed by atoms with Gasteiger partial charge in [0.15, 0.2) is 28.6 Å². The molecule has 1 aromatic heterocycles. The van der Waals surface area contributed by atoms with E-state index in [9.17, 15) is 24.6 Å². The van der Waals surface area contributed by atoms with E-state index in [0.29, 0.717) is 45.6 Å². The summed E-state index contributed by atoms with van der Waals surface area (Å²) in [7, 11) is 2.98. The Bertz CT molecular complexity index is 1610. The van der Waals surface area contributed by atoms with E-state index in [4.69, 9.17) is 18.6 Å². The topological polar surface area (TPSA) is 148 Å². The van der Waals surface area contributed by atoms with Crippen LogP contribution in [0, 0.1) is 0 Å². The first-order chi connectivity index (χ1) is 21.4. The van der Waals surface area contributed by atoms with Gasteiger partial charge >= 0.3 is 0 Å². The molecular weight excluding hydrogens is 568 g/mol. The summed E-state index contributed by atoms with van der Waals surface area (Å²) in [5.74, 6) is -0.417. The predicted octanol–water partition coefficient (Wildman–Crippen LogP) is 3.36. The summed E-state index contributed by atoms with van der Waals surface area (Å²) in [5.41, 5.74) is 1.57. The third kappa shape index (κ3) is 5.09. The summed E-state index contributed by atoms with van der Waals surface area (Å²) >= 11 is 0. The number of carbonyl (C=O) groups is 3. The highest BCUT2D eigenvalue weighted by atomic mass is 16.5. The number of nitrogens with one attached hydrogen (secondary N) is 1. The maximum absolute atomic E-state index is 14.4. The average Bonchev–Trinajstić information content (AvgIpc) is 3.67. The molecule has 0 radical (unpaired) electrons. The first-order valence-electron chi connectivity index (χ1n) is 14.9. The molecule has 0 unspecified atom stereocenters. The van der Waals surface area contributed by atoms with Crippen molar-refractivity contribution < 1.29 is 43.2 Å². The van der Waals surface area contributed by atoms with Crippen molar-refractivity contribution in [2.24, 2.45) is 0 Å². The standard InChI is InChI=1S/C33H36N2O9/c1-41-24-10-6-7-19-15-26(43-29(19)24)33(40)35(20-8-4-3-5-9-20)23-16-22(32(39)34-11-12-36)27-21-13-18(17-37)14-25(42-2)30(21)44-31(27)28(23)38/h6-7,10,13-17,20,23,27-28,31,36,38H,3-5,8-9,11-12H2,1-2H3,(H,34,39)/t23-,27+,28+,31+/m1/s1. The second-order valence-electron chi connectivity index (χ2n) is 11.4. The molecule has 2 amide bonds. The van der Waals surface area contributed by atoms with E-state index in [0.717, 1.165) is 32.1 Å². The van der Waals surface area contributed by atoms with Gasteiger partial charge < -0.3 is 39.1 Å². The molecule has 1 aliphatic heterocycles. The van der Waals surface area contributed by atoms with Gasteiger partial charge in [0.25, 0.3) is 5.91 Å². The molecule has 11 heteroatoms. The monoisotopic (exact) mass is 604 g/mol. The number of aldehydes is 1. The average molecular weight is 605 g/mol. The number of para-hydroxylation sites is 1. The van der Waals surface area contributed by atoms with Crippen LogP contribution in [0.3, 0.4) is 0 Å². The van der Waals surface area contributed by atoms with Crippen LogP contribution in [0.15, 0.2) is 52.5 Å². The highest BCUT2D eigenvalue weighted by Crippen LogP contribution is 2.51. The Hall–Kier alpha value is -4.35. The fourth-order valence-corrected chi connectivity index (χ4v) is 6.86. The van der Waals surface area contributed by atoms with Crippen LogP contribution < -0.4 is 19.5 Å². The summed E-state index contributed by atoms with van der Waals surface area (Å²) in [6.45, 7) is -0.254. The molecular formula is C33H36N2O9. The molecule has 44 heavy (non-hydrogen) atoms. The van der Waals surface area contributed by atoms with E-state index in [1.165, 1.54) is 20.3 Å². The lowest BCUT2D eigenvalue weighted by Crippen LogP contribution is -2.58. The molecule has 0 spiro atoms. The minimum Gasteiger partial charge on any atom is -0.493 e. The third-order valence-corrected chi connectivity index (χ3v) is 8.87. The van der Waals surface area contributed by atoms with Crippen LogP contribution in [0.4, 0.5) is 0 Å². The SMILES string of the molecule is COc1cc(C=O)cc2c1O[C@@H]1[C@@H](O)[C@H](N(C(=O)c3cc4cccc(OC)c4o3)C3CCCCC3)C=C(C(=O)NCCO)[C@H]21. The van der Waals surface area contributed by atoms with E-state index < -0.39 is 36.0 Å². The van der Waals surface area contributed by atoms with Crippen molar-refractivity contribution in [3.63, 3.8) is 0 Å². The van der Waals surface area contributed by atoms with Crippen molar-refractivity contribution in [2.45, 2.75) is 62.3 Å². The van der Waals surface area contributed by atoms with Crippen molar-refractivity contribution in [1.82, 2.24) is 10.2 Å². The number of furan rings is 1. The number of methoxy groups -OCH3 is 2. The number of hydrogen-bond donors (Lipinski definition) is 3. The molecule has 232 valence electrons. The lowest BCUT2D eigenvalue weighted by Gasteiger charge is -2.44. The highest BCUT2D eigenvalue weighted by Gasteiger charge is 2.52. The molecule has 2 aliphatic carbocycles. The van der Waals surface area contributed by atoms with E-state index in [1.807, 2.05) is 12.1 Å². The third-order valence-electron chi connectivity index (χ3n) is 8.87. The zero-order valence-corrected chi connectivity index (χ0v) is 24.7. The second kappa shape index (κ2) is 12.3. The number of benzene rings is 2. The first kappa shape index (κ1) is 29.7. The lowest BCUT2D eigenvalue weighted by molar-refractivity contribution is -0.118. The maximum Gasteiger partial charge on any atom is 0.290 e. The molecule has 0 bridgehead atoms. The van der Waals surface area contributed by atoms with Crippen molar-refractivity contribution in [2.75, 3.05) is 27.4 Å². The van der Waals surface area contributed by atoms with Gasteiger partial charge in [-0.2, -0.15) is 0 Å². The predicted molar refractivity (Wildman–Crippen MR) is 159 cm³/mol. The van der Waals surface area contributed by atoms with Gasteiger partial charge in [-0.3, -0.25) is 14.4 Å². The summed E-state index contributed by atoms with van der Waals surface area (Å²) in [5, 5.41) is 24.8. The van der Waals surface area contributed by atoms with Crippen LogP contribution in [0.1, 0.15) is 64.5 Å². The molecule has 1 saturated carbocycles. The first-order valence-corrected chi connectivity index (χ1v) is 14.9. The van der Waals surface area contributed by atoms with Crippen molar-refractivity contribution in [3.05, 3.63) is 64.9 Å². The van der Waals surface area contributed by atoms with Gasteiger partial charge in [-0.1, -0.05) is 31.4 Å². The van der Waals surface area contributed by atoms with Gasteiger partial charge in [-0.15, -0.1) is 0 Å². The smallest absolute Gasteiger partial charge is 0.290 e. The molecule has 1 fully saturated rings. The van der Waals surface area contributed by atoms with E-state index in [1.54, 1.807) is 29.2 Å². The molecule has 2 heterocycles. The number of rotatable bonds is 9. The number of aliphatic hydroxyl groups excluding tert-OH is 2. The van der Waals surface area contributed by atoms with Crippen LogP contribution in [0.25, 0.3) is 11.0 Å². The molecule has 3 aromatic rings. The molecule has 4 atom stereocenters. The largest absolute Gasteiger partial charge is 0.493 e. The van der Waals surface area contributed by atoms with Crippen LogP contribution >= 0.6 is 0 Å². The van der Waals surface area contributed by atoms with E-state index in [-0.39, 0.29) is 30.5 Å². The summed E-state index contributed by atoms with van der Waals surface area (Å²) in [4.78, 5) is 41.5. The fraction of sp³-hybridized carbons (Fsp3) is 0.424. The number of carbonyl (C=O) groups excluding carboxylic acids is 3. The van der Waals surface area contributed by atoms with Crippen LogP contribution in [0.2, 0.25) is 0 Å². The Balaban J connectivity index is 1.47. The van der Waals surface area contributed by atoms with E-state index in [2.05, 4.69) is 5.32 Å². The molecule has 0 saturated heterocycles. The molecule has 2 aromatic carbocycles. The number of fused-ring (bicyclic) bond motifs is 4. The summed E-state index contributed by atoms with van der Waals surface area (Å²) in [6.07, 6.45) is 4.44. The molecule has 3 N–H and O–H groups in total. The maximum atomic E-state index is 14.4. The zero-order valence-electron chi connectivity index (χ0n) is 24.7. The Morgan fingerprint density at radius 2 is 1.86 bits per heavy atom. The quantitative estimate of drug-likeness (QED) is 0.313. The molecule has 3 aliphatic rings. The summed E-state index contributed by atoms with van der Waals surface area (Å²) < 4.78 is 23.3. The number of amides is 2. The van der Waals surface area contributed by atoms with Crippen LogP contribution in [0.5, 0.6) is 17.2 Å². The van der Waals surface area contributed by atoms with Gasteiger partial charge in [0.2, 0.25) is 5.91 Å². The molecule has 6 rings (SSSR count). The van der Waals surface area contributed by atoms with Gasteiger partial charge in [0.1, 0.15) is 18.5 Å². The minimum absolute atomic E-state index is 0.0122. The number of hydrogen-bond acceptors (Lipinski definition) is 9. The normalized spacial score (nSPS) is 22.8. The van der Waals surface area contributed by atoms with Crippen molar-refractivity contribution in [1.29, 1.82) is 0 Å². The summed E-state index contributed by atoms with van der Waals surface area (Å²) in [6, 6.07) is 9.07. The number of ether oxygens (including phenoxy) is 3. The van der Waals surface area contributed by atoms with Gasteiger partial charge in [0, 0.05) is 34.7 Å². The van der Waals surface area contributed by atoms with Gasteiger partial charge in [-0.25, -0.2) is 0 Å². The van der Waals surface area contributed by atoms with Crippen molar-refractivity contribution >= 4 is 29.1 Å². The Labute approximate surface area is 254 Å². The molecule has 11 nitrogen and oxygen atoms in total. The van der Waals surface area contributed by atoms with E-state index >= 15 is 0 Å². The number of nitrogens with zero attached hydrogens (tertiary/aromatic N) is 1. The Morgan fingerprint density at radius 1 is 1.09 bits per heavy atom. The zero-order chi connectivity index (χ0) is 31.0. The number of aliphatic hydroxyl groups is 2. The van der Waals surface area contributed by atoms with Crippen LogP contribution in [-0.4, -0.2) is 84.9 Å². The second-order valence-corrected chi connectivity index (χ2v) is 11.4. The lowest BCUT2D eigenvalue weighted by atomic mass is 9.76. The Kier molecular flexibility index (Phi) is 8.33. The highest BCUT2D eigenvalue weighted by molar-refractivity contribution is 5.99. The van der Waals surface area contributed by atoms with Gasteiger partial charge in [0.05, 0.1) is 32.8 Å². The fourth-order valence-electron chi connectivity index (χ4n) is 6.86.